The normalized spacial score (nSPS) is 11.8. The van der Waals surface area contributed by atoms with Crippen molar-refractivity contribution in [1.29, 1.82) is 0 Å². The first kappa shape index (κ1) is 21.5. The summed E-state index contributed by atoms with van der Waals surface area (Å²) in [6.07, 6.45) is -0.270. The topological polar surface area (TPSA) is 115 Å². The lowest BCUT2D eigenvalue weighted by molar-refractivity contribution is 0.0770. The molecule has 0 aliphatic rings. The molecule has 0 aromatic carbocycles. The van der Waals surface area contributed by atoms with Gasteiger partial charge in [-0.15, -0.1) is 0 Å². The van der Waals surface area contributed by atoms with Crippen LogP contribution in [0.25, 0.3) is 10.9 Å². The van der Waals surface area contributed by atoms with Crippen LogP contribution in [0.15, 0.2) is 34.2 Å². The third-order valence-corrected chi connectivity index (χ3v) is 5.51. The number of hydrogen-bond donors (Lipinski definition) is 2. The Morgan fingerprint density at radius 1 is 1.33 bits per heavy atom. The summed E-state index contributed by atoms with van der Waals surface area (Å²) < 4.78 is 77.4. The zero-order valence-corrected chi connectivity index (χ0v) is 16.6. The lowest BCUT2D eigenvalue weighted by Crippen LogP contribution is -2.19. The Hall–Kier alpha value is -3.22. The zero-order valence-electron chi connectivity index (χ0n) is 15.8. The van der Waals surface area contributed by atoms with Crippen molar-refractivity contribution in [3.05, 3.63) is 40.7 Å². The first-order valence-electron chi connectivity index (χ1n) is 8.56. The molecule has 162 valence electrons. The number of aromatic amines is 1. The SMILES string of the molecule is CCn1ccc2c(S(=O)(=O)Nc3cc(F)c(OCC(F)F)nc3OC)c[nH]c2c1=O. The van der Waals surface area contributed by atoms with Crippen molar-refractivity contribution in [2.45, 2.75) is 24.8 Å². The fraction of sp³-hybridized carbons (Fsp3) is 0.294. The zero-order chi connectivity index (χ0) is 22.1. The van der Waals surface area contributed by atoms with E-state index in [0.717, 1.165) is 13.3 Å². The molecule has 0 unspecified atom stereocenters. The molecule has 3 aromatic heterocycles. The molecule has 3 heterocycles. The number of ether oxygens (including phenoxy) is 2. The van der Waals surface area contributed by atoms with Gasteiger partial charge in [-0.3, -0.25) is 9.52 Å². The lowest BCUT2D eigenvalue weighted by Gasteiger charge is -2.13. The first-order chi connectivity index (χ1) is 14.2. The molecular weight excluding hydrogens is 429 g/mol. The van der Waals surface area contributed by atoms with Gasteiger partial charge in [0.25, 0.3) is 27.9 Å². The fourth-order valence-corrected chi connectivity index (χ4v) is 3.95. The maximum absolute atomic E-state index is 14.2. The Labute approximate surface area is 168 Å². The van der Waals surface area contributed by atoms with E-state index in [0.29, 0.717) is 12.6 Å². The Balaban J connectivity index is 1.99. The summed E-state index contributed by atoms with van der Waals surface area (Å²) in [5.74, 6) is -2.32. The summed E-state index contributed by atoms with van der Waals surface area (Å²) in [7, 11) is -3.16. The highest BCUT2D eigenvalue weighted by Crippen LogP contribution is 2.31. The van der Waals surface area contributed by atoms with Crippen molar-refractivity contribution < 1.29 is 31.1 Å². The molecule has 0 spiro atoms. The number of aryl methyl sites for hydroxylation is 1. The third-order valence-electron chi connectivity index (χ3n) is 4.10. The highest BCUT2D eigenvalue weighted by Gasteiger charge is 2.24. The van der Waals surface area contributed by atoms with Crippen molar-refractivity contribution in [2.24, 2.45) is 0 Å². The van der Waals surface area contributed by atoms with Gasteiger partial charge in [0.2, 0.25) is 5.88 Å². The monoisotopic (exact) mass is 446 g/mol. The summed E-state index contributed by atoms with van der Waals surface area (Å²) in [4.78, 5) is 18.3. The van der Waals surface area contributed by atoms with Gasteiger partial charge in [0, 0.05) is 30.4 Å². The Kier molecular flexibility index (Phi) is 5.92. The maximum Gasteiger partial charge on any atom is 0.274 e. The van der Waals surface area contributed by atoms with Gasteiger partial charge in [0.15, 0.2) is 12.4 Å². The van der Waals surface area contributed by atoms with Crippen LogP contribution in [-0.4, -0.2) is 43.1 Å². The maximum atomic E-state index is 14.2. The number of hydrogen-bond acceptors (Lipinski definition) is 6. The second kappa shape index (κ2) is 8.26. The number of pyridine rings is 2. The van der Waals surface area contributed by atoms with Crippen LogP contribution in [0.1, 0.15) is 6.92 Å². The molecule has 0 saturated heterocycles. The minimum absolute atomic E-state index is 0.0896. The molecule has 3 rings (SSSR count). The van der Waals surface area contributed by atoms with E-state index in [2.05, 4.69) is 19.4 Å². The van der Waals surface area contributed by atoms with Crippen LogP contribution in [0.3, 0.4) is 0 Å². The molecule has 13 heteroatoms. The van der Waals surface area contributed by atoms with Gasteiger partial charge < -0.3 is 19.0 Å². The van der Waals surface area contributed by atoms with Crippen molar-refractivity contribution in [3.8, 4) is 11.8 Å². The number of anilines is 1. The number of H-pyrrole nitrogens is 1. The number of nitrogens with zero attached hydrogens (tertiary/aromatic N) is 2. The number of fused-ring (bicyclic) bond motifs is 1. The molecule has 0 amide bonds. The van der Waals surface area contributed by atoms with Gasteiger partial charge in [-0.05, 0) is 13.0 Å². The number of rotatable bonds is 8. The molecule has 0 atom stereocenters. The van der Waals surface area contributed by atoms with Crippen LogP contribution in [0.2, 0.25) is 0 Å². The average Bonchev–Trinajstić information content (AvgIpc) is 3.13. The minimum atomic E-state index is -4.30. The van der Waals surface area contributed by atoms with E-state index in [1.807, 2.05) is 0 Å². The van der Waals surface area contributed by atoms with Crippen LogP contribution in [0.4, 0.5) is 18.9 Å². The van der Waals surface area contributed by atoms with Gasteiger partial charge >= 0.3 is 0 Å². The van der Waals surface area contributed by atoms with Crippen LogP contribution in [-0.2, 0) is 16.6 Å². The van der Waals surface area contributed by atoms with E-state index in [4.69, 9.17) is 4.74 Å². The van der Waals surface area contributed by atoms with Crippen molar-refractivity contribution >= 4 is 26.6 Å². The van der Waals surface area contributed by atoms with Gasteiger partial charge in [-0.2, -0.15) is 4.98 Å². The largest absolute Gasteiger partial charge is 0.479 e. The Bertz CT molecular complexity index is 1240. The van der Waals surface area contributed by atoms with E-state index in [9.17, 15) is 26.4 Å². The molecule has 9 nitrogen and oxygen atoms in total. The molecule has 30 heavy (non-hydrogen) atoms. The van der Waals surface area contributed by atoms with Crippen molar-refractivity contribution in [2.75, 3.05) is 18.4 Å². The minimum Gasteiger partial charge on any atom is -0.479 e. The molecule has 3 aromatic rings. The summed E-state index contributed by atoms with van der Waals surface area (Å²) in [6.45, 7) is 1.07. The second-order valence-corrected chi connectivity index (χ2v) is 7.64. The summed E-state index contributed by atoms with van der Waals surface area (Å²) in [6, 6.07) is 2.16. The molecular formula is C17H17F3N4O5S. The number of nitrogens with one attached hydrogen (secondary N) is 2. The number of sulfonamides is 1. The van der Waals surface area contributed by atoms with E-state index in [1.54, 1.807) is 6.92 Å². The van der Waals surface area contributed by atoms with Crippen molar-refractivity contribution in [3.63, 3.8) is 0 Å². The lowest BCUT2D eigenvalue weighted by atomic mass is 10.3. The number of methoxy groups -OCH3 is 1. The second-order valence-electron chi connectivity index (χ2n) is 5.99. The molecule has 0 saturated carbocycles. The number of aromatic nitrogens is 3. The van der Waals surface area contributed by atoms with Crippen LogP contribution in [0, 0.1) is 5.82 Å². The summed E-state index contributed by atoms with van der Waals surface area (Å²) in [5.41, 5.74) is -0.690. The summed E-state index contributed by atoms with van der Waals surface area (Å²) in [5, 5.41) is 0.140. The third kappa shape index (κ3) is 4.06. The average molecular weight is 446 g/mol. The first-order valence-corrected chi connectivity index (χ1v) is 10.0. The number of halogens is 3. The highest BCUT2D eigenvalue weighted by molar-refractivity contribution is 7.93. The van der Waals surface area contributed by atoms with Gasteiger partial charge in [-0.25, -0.2) is 21.6 Å². The van der Waals surface area contributed by atoms with E-state index < -0.39 is 46.2 Å². The van der Waals surface area contributed by atoms with E-state index in [-0.39, 0.29) is 21.5 Å². The van der Waals surface area contributed by atoms with E-state index in [1.165, 1.54) is 16.8 Å². The Morgan fingerprint density at radius 2 is 2.07 bits per heavy atom. The van der Waals surface area contributed by atoms with Gasteiger partial charge in [0.1, 0.15) is 16.1 Å². The Morgan fingerprint density at radius 3 is 2.70 bits per heavy atom. The fourth-order valence-electron chi connectivity index (χ4n) is 2.73. The van der Waals surface area contributed by atoms with Crippen LogP contribution < -0.4 is 19.8 Å². The number of alkyl halides is 2. The van der Waals surface area contributed by atoms with Gasteiger partial charge in [-0.1, -0.05) is 0 Å². The smallest absolute Gasteiger partial charge is 0.274 e. The predicted octanol–water partition coefficient (Wildman–Crippen LogP) is 2.34. The quantitative estimate of drug-likeness (QED) is 0.549. The molecule has 0 bridgehead atoms. The van der Waals surface area contributed by atoms with Crippen LogP contribution >= 0.6 is 0 Å². The highest BCUT2D eigenvalue weighted by atomic mass is 32.2. The summed E-state index contributed by atoms with van der Waals surface area (Å²) >= 11 is 0. The van der Waals surface area contributed by atoms with Crippen LogP contribution in [0.5, 0.6) is 11.8 Å². The molecule has 0 fully saturated rings. The standard InChI is InChI=1S/C17H17F3N4O5S/c1-3-24-5-4-9-12(7-21-14(9)17(24)25)30(26,27)23-11-6-10(18)15(22-16(11)28-2)29-8-13(19)20/h4-7,13,21,23H,3,8H2,1-2H3. The van der Waals surface area contributed by atoms with E-state index >= 15 is 0 Å². The molecule has 0 aliphatic heterocycles. The van der Waals surface area contributed by atoms with Crippen molar-refractivity contribution in [1.82, 2.24) is 14.5 Å². The molecule has 0 aliphatic carbocycles. The molecule has 2 N–H and O–H groups in total. The molecule has 0 radical (unpaired) electrons. The van der Waals surface area contributed by atoms with Gasteiger partial charge in [0.05, 0.1) is 7.11 Å². The predicted molar refractivity (Wildman–Crippen MR) is 101 cm³/mol.